The molecule has 2 unspecified atom stereocenters. The highest BCUT2D eigenvalue weighted by molar-refractivity contribution is 7.47. The third-order valence-electron chi connectivity index (χ3n) is 15.0. The summed E-state index contributed by atoms with van der Waals surface area (Å²) in [7, 11) is -9.88. The van der Waals surface area contributed by atoms with Gasteiger partial charge in [0.25, 0.3) is 0 Å². The smallest absolute Gasteiger partial charge is 0.462 e. The quantitative estimate of drug-likeness (QED) is 0.0222. The van der Waals surface area contributed by atoms with E-state index in [4.69, 9.17) is 37.0 Å². The Morgan fingerprint density at radius 2 is 0.548 bits per heavy atom. The number of aliphatic hydroxyl groups is 1. The van der Waals surface area contributed by atoms with Crippen molar-refractivity contribution in [2.24, 2.45) is 5.92 Å². The number of carbonyl (C=O) groups excluding carboxylic acids is 4. The van der Waals surface area contributed by atoms with Gasteiger partial charge in [-0.1, -0.05) is 279 Å². The van der Waals surface area contributed by atoms with E-state index >= 15 is 0 Å². The molecule has 0 spiro atoms. The lowest BCUT2D eigenvalue weighted by Crippen LogP contribution is -2.30. The molecule has 0 saturated carbocycles. The van der Waals surface area contributed by atoms with Gasteiger partial charge in [0, 0.05) is 25.7 Å². The lowest BCUT2D eigenvalue weighted by molar-refractivity contribution is -0.161. The predicted molar refractivity (Wildman–Crippen MR) is 335 cm³/mol. The number of esters is 4. The Labute approximate surface area is 511 Å². The predicted octanol–water partition coefficient (Wildman–Crippen LogP) is 18.2. The molecule has 0 amide bonds. The Morgan fingerprint density at radius 3 is 0.810 bits per heavy atom. The van der Waals surface area contributed by atoms with Crippen LogP contribution in [0.2, 0.25) is 0 Å². The molecule has 0 heterocycles. The van der Waals surface area contributed by atoms with Gasteiger partial charge in [-0.25, -0.2) is 9.13 Å². The fourth-order valence-electron chi connectivity index (χ4n) is 9.76. The largest absolute Gasteiger partial charge is 0.472 e. The molecule has 0 bridgehead atoms. The van der Waals surface area contributed by atoms with Gasteiger partial charge in [-0.2, -0.15) is 0 Å². The molecule has 0 radical (unpaired) electrons. The highest BCUT2D eigenvalue weighted by atomic mass is 31.2. The van der Waals surface area contributed by atoms with Crippen molar-refractivity contribution in [3.8, 4) is 0 Å². The molecule has 0 aliphatic carbocycles. The van der Waals surface area contributed by atoms with Crippen LogP contribution in [0.4, 0.5) is 0 Å². The topological polar surface area (TPSA) is 237 Å². The van der Waals surface area contributed by atoms with E-state index in [-0.39, 0.29) is 25.7 Å². The molecule has 0 aromatic carbocycles. The first-order chi connectivity index (χ1) is 40.5. The van der Waals surface area contributed by atoms with Crippen molar-refractivity contribution in [3.05, 3.63) is 0 Å². The van der Waals surface area contributed by atoms with Gasteiger partial charge in [-0.05, 0) is 31.6 Å². The third kappa shape index (κ3) is 59.0. The molecule has 5 atom stereocenters. The Bertz CT molecular complexity index is 1640. The average Bonchev–Trinajstić information content (AvgIpc) is 3.64. The number of hydrogen-bond donors (Lipinski definition) is 3. The van der Waals surface area contributed by atoms with E-state index in [0.29, 0.717) is 25.7 Å². The fourth-order valence-corrected chi connectivity index (χ4v) is 11.3. The van der Waals surface area contributed by atoms with Crippen molar-refractivity contribution in [2.75, 3.05) is 39.6 Å². The summed E-state index contributed by atoms with van der Waals surface area (Å²) in [4.78, 5) is 72.2. The third-order valence-corrected chi connectivity index (χ3v) is 16.9. The molecule has 0 saturated heterocycles. The van der Waals surface area contributed by atoms with Gasteiger partial charge in [0.15, 0.2) is 12.2 Å². The molecule has 3 N–H and O–H groups in total. The molecular weight excluding hydrogens is 1110 g/mol. The van der Waals surface area contributed by atoms with E-state index in [2.05, 4.69) is 34.6 Å². The number of ether oxygens (including phenoxy) is 4. The molecule has 17 nitrogen and oxygen atoms in total. The highest BCUT2D eigenvalue weighted by Gasteiger charge is 2.30. The number of aliphatic hydroxyl groups excluding tert-OH is 1. The minimum absolute atomic E-state index is 0.104. The zero-order valence-electron chi connectivity index (χ0n) is 54.0. The summed E-state index contributed by atoms with van der Waals surface area (Å²) in [6.07, 6.45) is 43.1. The summed E-state index contributed by atoms with van der Waals surface area (Å²) >= 11 is 0. The number of phosphoric acid groups is 2. The van der Waals surface area contributed by atoms with Gasteiger partial charge >= 0.3 is 39.5 Å². The molecule has 0 rings (SSSR count). The van der Waals surface area contributed by atoms with Gasteiger partial charge in [-0.3, -0.25) is 37.3 Å². The standard InChI is InChI=1S/C65H126O17P2/c1-6-9-12-15-18-20-22-24-25-27-29-35-40-45-50-64(69)81-61(55-76-63(68)49-44-39-34-28-26-23-21-19-16-13-10-7-2)57-80-84(73,74)78-53-59(66)52-77-83(71,72)79-56-60(54-75-62(67)48-43-38-32-17-14-11-8-3)82-65(70)51-46-41-36-31-30-33-37-42-47-58(4)5/h58-61,66H,6-57H2,1-5H3,(H,71,72)(H,73,74)/t59-,60+,61+/m0/s1. The zero-order valence-corrected chi connectivity index (χ0v) is 55.8. The number of rotatable bonds is 65. The van der Waals surface area contributed by atoms with Crippen LogP contribution in [0.1, 0.15) is 330 Å². The summed E-state index contributed by atoms with van der Waals surface area (Å²) in [6.45, 7) is 7.13. The molecule has 0 aromatic heterocycles. The molecule has 498 valence electrons. The van der Waals surface area contributed by atoms with Crippen molar-refractivity contribution in [2.45, 2.75) is 348 Å². The molecule has 0 aromatic rings. The summed E-state index contributed by atoms with van der Waals surface area (Å²) in [5, 5.41) is 10.5. The lowest BCUT2D eigenvalue weighted by Gasteiger charge is -2.21. The zero-order chi connectivity index (χ0) is 62.0. The first-order valence-corrected chi connectivity index (χ1v) is 37.1. The van der Waals surface area contributed by atoms with E-state index in [9.17, 15) is 43.2 Å². The molecule has 0 aliphatic rings. The maximum atomic E-state index is 13.0. The second kappa shape index (κ2) is 58.7. The second-order valence-corrected chi connectivity index (χ2v) is 26.9. The monoisotopic (exact) mass is 1240 g/mol. The molecule has 84 heavy (non-hydrogen) atoms. The normalized spacial score (nSPS) is 14.2. The van der Waals surface area contributed by atoms with Crippen LogP contribution in [0, 0.1) is 5.92 Å². The maximum Gasteiger partial charge on any atom is 0.472 e. The lowest BCUT2D eigenvalue weighted by atomic mass is 10.0. The van der Waals surface area contributed by atoms with E-state index < -0.39 is 97.5 Å². The van der Waals surface area contributed by atoms with Gasteiger partial charge in [0.05, 0.1) is 26.4 Å². The number of phosphoric ester groups is 2. The maximum absolute atomic E-state index is 13.0. The first-order valence-electron chi connectivity index (χ1n) is 34.1. The van der Waals surface area contributed by atoms with Crippen molar-refractivity contribution < 1.29 is 80.2 Å². The number of hydrogen-bond acceptors (Lipinski definition) is 15. The summed E-state index contributed by atoms with van der Waals surface area (Å²) < 4.78 is 68.0. The summed E-state index contributed by atoms with van der Waals surface area (Å²) in [5.41, 5.74) is 0. The molecule has 0 fully saturated rings. The Balaban J connectivity index is 5.21. The fraction of sp³-hybridized carbons (Fsp3) is 0.938. The Kier molecular flexibility index (Phi) is 57.4. The number of carbonyl (C=O) groups is 4. The van der Waals surface area contributed by atoms with Crippen LogP contribution in [0.15, 0.2) is 0 Å². The van der Waals surface area contributed by atoms with Crippen molar-refractivity contribution in [1.82, 2.24) is 0 Å². The Morgan fingerprint density at radius 1 is 0.321 bits per heavy atom. The minimum Gasteiger partial charge on any atom is -0.462 e. The summed E-state index contributed by atoms with van der Waals surface area (Å²) in [5.74, 6) is -1.42. The first kappa shape index (κ1) is 82.1. The Hall–Kier alpha value is -1.94. The number of unbranched alkanes of at least 4 members (excludes halogenated alkanes) is 37. The molecule has 19 heteroatoms. The van der Waals surface area contributed by atoms with Crippen LogP contribution in [0.3, 0.4) is 0 Å². The van der Waals surface area contributed by atoms with Gasteiger partial charge in [0.1, 0.15) is 19.3 Å². The van der Waals surface area contributed by atoms with Crippen molar-refractivity contribution >= 4 is 39.5 Å². The average molecular weight is 1240 g/mol. The van der Waals surface area contributed by atoms with Crippen LogP contribution < -0.4 is 0 Å². The summed E-state index contributed by atoms with van der Waals surface area (Å²) in [6, 6.07) is 0. The SMILES string of the molecule is CCCCCCCCCCCCCCCCC(=O)O[C@H](COC(=O)CCCCCCCCCCCCCC)COP(=O)(O)OC[C@@H](O)COP(=O)(O)OC[C@@H](COC(=O)CCCCCCCCC)OC(=O)CCCCCCCCCCC(C)C. The molecule has 0 aliphatic heterocycles. The van der Waals surface area contributed by atoms with Crippen molar-refractivity contribution in [3.63, 3.8) is 0 Å². The van der Waals surface area contributed by atoms with Crippen LogP contribution in [0.5, 0.6) is 0 Å². The van der Waals surface area contributed by atoms with Crippen LogP contribution >= 0.6 is 15.6 Å². The van der Waals surface area contributed by atoms with Gasteiger partial charge in [-0.15, -0.1) is 0 Å². The van der Waals surface area contributed by atoms with E-state index in [1.54, 1.807) is 0 Å². The minimum atomic E-state index is -4.94. The van der Waals surface area contributed by atoms with Crippen LogP contribution in [0.25, 0.3) is 0 Å². The van der Waals surface area contributed by atoms with Crippen molar-refractivity contribution in [1.29, 1.82) is 0 Å². The van der Waals surface area contributed by atoms with Gasteiger partial charge in [0.2, 0.25) is 0 Å². The highest BCUT2D eigenvalue weighted by Crippen LogP contribution is 2.45. The van der Waals surface area contributed by atoms with E-state index in [0.717, 1.165) is 109 Å². The second-order valence-electron chi connectivity index (χ2n) is 24.0. The van der Waals surface area contributed by atoms with Gasteiger partial charge < -0.3 is 33.8 Å². The van der Waals surface area contributed by atoms with E-state index in [1.165, 1.54) is 141 Å². The van der Waals surface area contributed by atoms with E-state index in [1.807, 2.05) is 0 Å². The van der Waals surface area contributed by atoms with Crippen LogP contribution in [-0.4, -0.2) is 96.7 Å². The van der Waals surface area contributed by atoms with Crippen LogP contribution in [-0.2, 0) is 65.4 Å². The molecular formula is C65H126O17P2.